The van der Waals surface area contributed by atoms with Gasteiger partial charge in [-0.2, -0.15) is 0 Å². The highest BCUT2D eigenvalue weighted by Crippen LogP contribution is 2.51. The molecule has 2 heteroatoms. The molecule has 0 aliphatic carbocycles. The van der Waals surface area contributed by atoms with Crippen molar-refractivity contribution in [3.63, 3.8) is 0 Å². The third kappa shape index (κ3) is 4.13. The molecular formula is C38H32N2. The lowest BCUT2D eigenvalue weighted by atomic mass is 9.73. The molecule has 5 aromatic rings. The van der Waals surface area contributed by atoms with Gasteiger partial charge in [-0.25, -0.2) is 0 Å². The summed E-state index contributed by atoms with van der Waals surface area (Å²) in [6, 6.07) is 48.0. The molecule has 1 N–H and O–H groups in total. The molecule has 1 atom stereocenters. The zero-order chi connectivity index (χ0) is 27.1. The fourth-order valence-corrected chi connectivity index (χ4v) is 6.19. The molecule has 0 aromatic heterocycles. The van der Waals surface area contributed by atoms with E-state index in [1.807, 2.05) is 0 Å². The van der Waals surface area contributed by atoms with Gasteiger partial charge in [0.15, 0.2) is 0 Å². The number of hydrogen-bond acceptors (Lipinski definition) is 2. The van der Waals surface area contributed by atoms with Crippen LogP contribution in [0.3, 0.4) is 0 Å². The zero-order valence-electron chi connectivity index (χ0n) is 22.9. The fraction of sp³-hybridized carbons (Fsp3) is 0.105. The normalized spacial score (nSPS) is 17.1. The van der Waals surface area contributed by atoms with E-state index in [1.165, 1.54) is 50.5 Å². The van der Waals surface area contributed by atoms with Crippen LogP contribution in [0.1, 0.15) is 47.7 Å². The topological polar surface area (TPSA) is 15.3 Å². The first kappa shape index (κ1) is 24.2. The Kier molecular flexibility index (Phi) is 5.90. The predicted octanol–water partition coefficient (Wildman–Crippen LogP) is 9.56. The molecule has 2 nitrogen and oxygen atoms in total. The van der Waals surface area contributed by atoms with Gasteiger partial charge in [-0.15, -0.1) is 0 Å². The van der Waals surface area contributed by atoms with E-state index in [0.29, 0.717) is 0 Å². The van der Waals surface area contributed by atoms with E-state index in [-0.39, 0.29) is 11.5 Å². The molecular weight excluding hydrogens is 484 g/mol. The highest BCUT2D eigenvalue weighted by Gasteiger charge is 2.36. The number of hydrogen-bond donors (Lipinski definition) is 1. The van der Waals surface area contributed by atoms with E-state index in [0.717, 1.165) is 5.70 Å². The Balaban J connectivity index is 1.30. The number of para-hydroxylation sites is 2. The Hall–Kier alpha value is -4.82. The Labute approximate surface area is 236 Å². The highest BCUT2D eigenvalue weighted by molar-refractivity contribution is 5.89. The largest absolute Gasteiger partial charge is 0.374 e. The summed E-state index contributed by atoms with van der Waals surface area (Å²) in [6.45, 7) is 4.66. The minimum Gasteiger partial charge on any atom is -0.374 e. The number of allylic oxidation sites excluding steroid dienone is 2. The molecule has 2 aliphatic heterocycles. The summed E-state index contributed by atoms with van der Waals surface area (Å²) < 4.78 is 0. The average molecular weight is 517 g/mol. The minimum absolute atomic E-state index is 0.0609. The molecule has 2 aliphatic rings. The Morgan fingerprint density at radius 3 is 1.75 bits per heavy atom. The van der Waals surface area contributed by atoms with Crippen molar-refractivity contribution in [2.45, 2.75) is 25.3 Å². The summed E-state index contributed by atoms with van der Waals surface area (Å²) in [4.78, 5) is 2.41. The van der Waals surface area contributed by atoms with Crippen LogP contribution in [0.5, 0.6) is 0 Å². The molecule has 0 saturated heterocycles. The van der Waals surface area contributed by atoms with Gasteiger partial charge in [-0.05, 0) is 69.8 Å². The van der Waals surface area contributed by atoms with Gasteiger partial charge >= 0.3 is 0 Å². The first-order valence-corrected chi connectivity index (χ1v) is 14.0. The van der Waals surface area contributed by atoms with Crippen LogP contribution in [-0.2, 0) is 5.41 Å². The van der Waals surface area contributed by atoms with E-state index >= 15 is 0 Å². The first-order valence-electron chi connectivity index (χ1n) is 14.0. The summed E-state index contributed by atoms with van der Waals surface area (Å²) in [5, 5.41) is 3.75. The Morgan fingerprint density at radius 1 is 0.575 bits per heavy atom. The lowest BCUT2D eigenvalue weighted by molar-refractivity contribution is 0.632. The summed E-state index contributed by atoms with van der Waals surface area (Å²) in [7, 11) is 0. The van der Waals surface area contributed by atoms with Gasteiger partial charge in [0.05, 0.1) is 17.4 Å². The maximum atomic E-state index is 3.75. The SMILES string of the molecule is CC1(C)c2ccccc2N(c2ccc(C3=CC(c4ccccc4)NC(c4ccccc4)=C3)cc2)c2ccccc21. The van der Waals surface area contributed by atoms with Gasteiger partial charge in [0.1, 0.15) is 0 Å². The predicted molar refractivity (Wildman–Crippen MR) is 168 cm³/mol. The molecule has 0 bridgehead atoms. The lowest BCUT2D eigenvalue weighted by Crippen LogP contribution is -2.30. The van der Waals surface area contributed by atoms with Crippen molar-refractivity contribution in [2.75, 3.05) is 4.90 Å². The molecule has 0 saturated carbocycles. The molecule has 0 amide bonds. The van der Waals surface area contributed by atoms with Gasteiger partial charge in [-0.1, -0.05) is 123 Å². The van der Waals surface area contributed by atoms with E-state index in [1.54, 1.807) is 0 Å². The second kappa shape index (κ2) is 9.73. The smallest absolute Gasteiger partial charge is 0.0707 e. The third-order valence-corrected chi connectivity index (χ3v) is 8.30. The lowest BCUT2D eigenvalue weighted by Gasteiger charge is -2.42. The van der Waals surface area contributed by atoms with Crippen LogP contribution >= 0.6 is 0 Å². The molecule has 1 unspecified atom stereocenters. The second-order valence-corrected chi connectivity index (χ2v) is 11.1. The van der Waals surface area contributed by atoms with Gasteiger partial charge in [0.2, 0.25) is 0 Å². The Morgan fingerprint density at radius 2 is 1.12 bits per heavy atom. The monoisotopic (exact) mass is 516 g/mol. The van der Waals surface area contributed by atoms with Gasteiger partial charge in [0.25, 0.3) is 0 Å². The van der Waals surface area contributed by atoms with Crippen molar-refractivity contribution in [1.29, 1.82) is 0 Å². The maximum absolute atomic E-state index is 3.75. The molecule has 7 rings (SSSR count). The fourth-order valence-electron chi connectivity index (χ4n) is 6.19. The maximum Gasteiger partial charge on any atom is 0.0707 e. The van der Waals surface area contributed by atoms with Crippen LogP contribution in [-0.4, -0.2) is 0 Å². The highest BCUT2D eigenvalue weighted by atomic mass is 15.2. The van der Waals surface area contributed by atoms with Crippen molar-refractivity contribution >= 4 is 28.3 Å². The Bertz CT molecular complexity index is 1680. The van der Waals surface area contributed by atoms with Crippen molar-refractivity contribution in [3.8, 4) is 0 Å². The molecule has 2 heterocycles. The molecule has 40 heavy (non-hydrogen) atoms. The van der Waals surface area contributed by atoms with E-state index < -0.39 is 0 Å². The molecule has 0 fully saturated rings. The molecule has 0 spiro atoms. The van der Waals surface area contributed by atoms with Gasteiger partial charge in [0, 0.05) is 16.8 Å². The molecule has 194 valence electrons. The number of nitrogens with one attached hydrogen (secondary N) is 1. The van der Waals surface area contributed by atoms with Crippen molar-refractivity contribution < 1.29 is 0 Å². The van der Waals surface area contributed by atoms with Crippen LogP contribution < -0.4 is 10.2 Å². The van der Waals surface area contributed by atoms with Gasteiger partial charge in [-0.3, -0.25) is 0 Å². The van der Waals surface area contributed by atoms with Gasteiger partial charge < -0.3 is 10.2 Å². The summed E-state index contributed by atoms with van der Waals surface area (Å²) in [5.41, 5.74) is 12.3. The summed E-state index contributed by atoms with van der Waals surface area (Å²) >= 11 is 0. The molecule has 5 aromatic carbocycles. The number of nitrogens with zero attached hydrogens (tertiary/aromatic N) is 1. The van der Waals surface area contributed by atoms with Crippen molar-refractivity contribution in [3.05, 3.63) is 173 Å². The summed E-state index contributed by atoms with van der Waals surface area (Å²) in [5.74, 6) is 0. The second-order valence-electron chi connectivity index (χ2n) is 11.1. The van der Waals surface area contributed by atoms with Crippen LogP contribution in [0.4, 0.5) is 17.1 Å². The average Bonchev–Trinajstić information content (AvgIpc) is 3.02. The van der Waals surface area contributed by atoms with Crippen LogP contribution in [0.15, 0.2) is 146 Å². The van der Waals surface area contributed by atoms with Crippen LogP contribution in [0, 0.1) is 0 Å². The van der Waals surface area contributed by atoms with Crippen molar-refractivity contribution in [2.24, 2.45) is 0 Å². The number of rotatable bonds is 4. The molecule has 0 radical (unpaired) electrons. The first-order chi connectivity index (χ1) is 19.6. The van der Waals surface area contributed by atoms with Crippen molar-refractivity contribution in [1.82, 2.24) is 5.32 Å². The van der Waals surface area contributed by atoms with E-state index in [4.69, 9.17) is 0 Å². The summed E-state index contributed by atoms with van der Waals surface area (Å²) in [6.07, 6.45) is 4.61. The van der Waals surface area contributed by atoms with E-state index in [9.17, 15) is 0 Å². The standard InChI is InChI=1S/C38H32N2/c1-38(2)32-17-9-11-19-36(32)40(37-20-12-10-18-33(37)38)31-23-21-27(22-24-31)30-25-34(28-13-5-3-6-14-28)39-35(26-30)29-15-7-4-8-16-29/h3-26,34,39H,1-2H3. The number of fused-ring (bicyclic) bond motifs is 2. The number of benzene rings is 5. The zero-order valence-corrected chi connectivity index (χ0v) is 22.9. The van der Waals surface area contributed by atoms with Crippen LogP contribution in [0.2, 0.25) is 0 Å². The number of anilines is 3. The van der Waals surface area contributed by atoms with Crippen LogP contribution in [0.25, 0.3) is 11.3 Å². The number of dihydropyridines is 1. The van der Waals surface area contributed by atoms with E-state index in [2.05, 4.69) is 170 Å². The third-order valence-electron chi connectivity index (χ3n) is 8.30. The quantitative estimate of drug-likeness (QED) is 0.256. The minimum atomic E-state index is -0.0609.